The first-order valence-electron chi connectivity index (χ1n) is 14.1. The molecule has 0 unspecified atom stereocenters. The smallest absolute Gasteiger partial charge is 0.450 e. The lowest BCUT2D eigenvalue weighted by molar-refractivity contribution is -0.697. The fourth-order valence-corrected chi connectivity index (χ4v) is 5.53. The van der Waals surface area contributed by atoms with Crippen molar-refractivity contribution in [2.75, 3.05) is 6.61 Å². The van der Waals surface area contributed by atoms with Crippen LogP contribution in [0.25, 0.3) is 9.70 Å². The molecule has 1 aromatic heterocycles. The number of carbonyl (C=O) groups excluding carboxylic acids is 1. The third-order valence-corrected chi connectivity index (χ3v) is 9.01. The average Bonchev–Trinajstić information content (AvgIpc) is 2.91. The van der Waals surface area contributed by atoms with Gasteiger partial charge in [0.1, 0.15) is 6.54 Å². The molecule has 1 N–H and O–H groups in total. The topological polar surface area (TPSA) is 125 Å². The van der Waals surface area contributed by atoms with Gasteiger partial charge in [0.25, 0.3) is 0 Å². The second-order valence-corrected chi connectivity index (χ2v) is 14.2. The summed E-state index contributed by atoms with van der Waals surface area (Å²) in [7, 11) is -13.4. The van der Waals surface area contributed by atoms with Crippen LogP contribution >= 0.6 is 0 Å². The predicted molar refractivity (Wildman–Crippen MR) is 161 cm³/mol. The molecule has 0 spiro atoms. The Kier molecular flexibility index (Phi) is 15.2. The minimum atomic E-state index is -6.72. The van der Waals surface area contributed by atoms with E-state index in [1.54, 1.807) is 0 Å². The lowest BCUT2D eigenvalue weighted by atomic mass is 9.92. The predicted octanol–water partition coefficient (Wildman–Crippen LogP) is 7.24. The molecule has 1 heterocycles. The monoisotopic (exact) mass is 703 g/mol. The van der Waals surface area contributed by atoms with Gasteiger partial charge in [0, 0.05) is 18.1 Å². The van der Waals surface area contributed by atoms with Crippen LogP contribution in [-0.4, -0.2) is 40.6 Å². The fraction of sp³-hybridized carbons (Fsp3) is 0.517. The van der Waals surface area contributed by atoms with E-state index in [0.29, 0.717) is 6.61 Å². The van der Waals surface area contributed by atoms with Crippen LogP contribution in [0, 0.1) is 0 Å². The Labute approximate surface area is 266 Å². The molecule has 2 rings (SSSR count). The molecule has 0 aliphatic heterocycles. The van der Waals surface area contributed by atoms with E-state index >= 15 is 0 Å². The van der Waals surface area contributed by atoms with E-state index < -0.39 is 36.6 Å². The number of allylic oxidation sites excluding steroid dienone is 1. The van der Waals surface area contributed by atoms with Gasteiger partial charge in [0.2, 0.25) is 0 Å². The Morgan fingerprint density at radius 3 is 2.07 bits per heavy atom. The van der Waals surface area contributed by atoms with Crippen molar-refractivity contribution < 1.29 is 57.3 Å². The molecular weight excluding hydrogens is 664 g/mol. The molecule has 0 saturated carbocycles. The van der Waals surface area contributed by atoms with Gasteiger partial charge in [-0.15, -0.1) is 0 Å². The molecule has 17 heteroatoms. The molecule has 0 aliphatic rings. The lowest BCUT2D eigenvalue weighted by Crippen LogP contribution is -2.41. The van der Waals surface area contributed by atoms with Crippen molar-refractivity contribution in [3.8, 4) is 0 Å². The maximum atomic E-state index is 12.3. The summed E-state index contributed by atoms with van der Waals surface area (Å²) in [5.74, 6) is 0. The van der Waals surface area contributed by atoms with E-state index in [4.69, 9.17) is 4.74 Å². The molecule has 46 heavy (non-hydrogen) atoms. The molecule has 260 valence electrons. The third kappa shape index (κ3) is 13.7. The molecule has 1 amide bonds. The quantitative estimate of drug-likeness (QED) is 0.126. The molecule has 0 radical (unpaired) electrons. The number of hydrogen-bond donors (Lipinski definition) is 1. The van der Waals surface area contributed by atoms with E-state index in [1.165, 1.54) is 12.0 Å². The first kappa shape index (κ1) is 40.8. The minimum absolute atomic E-state index is 0.367. The number of hydrogen-bond acceptors (Lipinski definition) is 6. The van der Waals surface area contributed by atoms with Crippen molar-refractivity contribution >= 4 is 31.7 Å². The fourth-order valence-electron chi connectivity index (χ4n) is 3.82. The van der Waals surface area contributed by atoms with Crippen LogP contribution in [0.4, 0.5) is 31.1 Å². The van der Waals surface area contributed by atoms with Gasteiger partial charge in [0.15, 0.2) is 32.4 Å². The zero-order valence-electron chi connectivity index (χ0n) is 25.9. The number of alkyl carbamates (subject to hydrolysis) is 1. The number of carbonyl (C=O) groups is 1. The number of aryl methyl sites for hydroxylation is 2. The summed E-state index contributed by atoms with van der Waals surface area (Å²) in [4.78, 5) is 12.3. The number of nitrogens with zero attached hydrogens (tertiary/aromatic N) is 2. The number of ether oxygens (including phenoxy) is 1. The van der Waals surface area contributed by atoms with Crippen LogP contribution in [0.15, 0.2) is 55.4 Å². The van der Waals surface area contributed by atoms with Crippen LogP contribution in [0.2, 0.25) is 0 Å². The van der Waals surface area contributed by atoms with Gasteiger partial charge in [-0.05, 0) is 69.7 Å². The van der Waals surface area contributed by atoms with Crippen molar-refractivity contribution in [1.29, 1.82) is 0 Å². The lowest BCUT2D eigenvalue weighted by Gasteiger charge is -2.27. The van der Waals surface area contributed by atoms with Crippen molar-refractivity contribution in [3.63, 3.8) is 0 Å². The Morgan fingerprint density at radius 1 is 0.935 bits per heavy atom. The summed E-state index contributed by atoms with van der Waals surface area (Å²) in [6, 6.07) is 12.4. The third-order valence-electron chi connectivity index (χ3n) is 6.27. The summed E-state index contributed by atoms with van der Waals surface area (Å²) in [5.41, 5.74) is -8.39. The number of halogens is 6. The summed E-state index contributed by atoms with van der Waals surface area (Å²) >= 11 is 0. The number of nitrogens with one attached hydrogen (secondary N) is 1. The van der Waals surface area contributed by atoms with E-state index in [-0.39, 0.29) is 6.09 Å². The van der Waals surface area contributed by atoms with Crippen LogP contribution < -0.4 is 9.88 Å². The first-order valence-corrected chi connectivity index (χ1v) is 17.0. The molecule has 0 saturated heterocycles. The van der Waals surface area contributed by atoms with Gasteiger partial charge in [-0.3, -0.25) is 0 Å². The number of aromatic nitrogens is 1. The number of unbranched alkanes of at least 4 members (excludes halogenated alkanes) is 3. The van der Waals surface area contributed by atoms with Crippen molar-refractivity contribution in [1.82, 2.24) is 5.32 Å². The highest BCUT2D eigenvalue weighted by Crippen LogP contribution is 2.36. The molecule has 1 aromatic carbocycles. The number of sulfonamides is 2. The highest BCUT2D eigenvalue weighted by molar-refractivity contribution is 8.13. The second kappa shape index (κ2) is 17.1. The number of amides is 1. The first-order chi connectivity index (χ1) is 21.0. The average molecular weight is 704 g/mol. The Bertz CT molecular complexity index is 1480. The van der Waals surface area contributed by atoms with Gasteiger partial charge in [0.05, 0.1) is 12.1 Å². The van der Waals surface area contributed by atoms with E-state index in [0.717, 1.165) is 59.5 Å². The minimum Gasteiger partial charge on any atom is -0.450 e. The van der Waals surface area contributed by atoms with Crippen LogP contribution in [0.1, 0.15) is 76.5 Å². The van der Waals surface area contributed by atoms with E-state index in [2.05, 4.69) is 54.0 Å². The van der Waals surface area contributed by atoms with Gasteiger partial charge in [-0.25, -0.2) is 26.2 Å². The molecule has 0 bridgehead atoms. The van der Waals surface area contributed by atoms with Gasteiger partial charge in [-0.2, -0.15) is 26.3 Å². The molecular formula is C29H39F6N3O6S2. The van der Waals surface area contributed by atoms with E-state index in [9.17, 15) is 48.0 Å². The normalized spacial score (nSPS) is 12.6. The summed E-state index contributed by atoms with van der Waals surface area (Å²) < 4.78 is 117. The van der Waals surface area contributed by atoms with Crippen LogP contribution in [-0.2, 0) is 43.3 Å². The van der Waals surface area contributed by atoms with Crippen molar-refractivity contribution in [2.24, 2.45) is 0 Å². The summed E-state index contributed by atoms with van der Waals surface area (Å²) in [6.45, 7) is 13.6. The maximum Gasteiger partial charge on any atom is 0.480 e. The number of pyridine rings is 1. The largest absolute Gasteiger partial charge is 0.480 e. The van der Waals surface area contributed by atoms with Crippen molar-refractivity contribution in [3.05, 3.63) is 76.2 Å². The highest BCUT2D eigenvalue weighted by Gasteiger charge is 2.47. The SMILES string of the molecule is C=C(C)c1cccc(C(C)(C)NC(=O)OCCCCCC[n+]2cccc(CCC)c2)c1.O=S(=O)([N-]S(=O)(=O)C(F)(F)F)C(F)(F)F. The van der Waals surface area contributed by atoms with Crippen LogP contribution in [0.3, 0.4) is 0 Å². The molecule has 0 fully saturated rings. The molecule has 0 aliphatic carbocycles. The Morgan fingerprint density at radius 2 is 1.52 bits per heavy atom. The number of alkyl halides is 6. The zero-order chi connectivity index (χ0) is 35.4. The van der Waals surface area contributed by atoms with Gasteiger partial charge >= 0.3 is 17.1 Å². The number of rotatable bonds is 14. The van der Waals surface area contributed by atoms with Crippen molar-refractivity contribution in [2.45, 2.75) is 89.3 Å². The van der Waals surface area contributed by atoms with E-state index in [1.807, 2.05) is 39.0 Å². The second-order valence-electron chi connectivity index (χ2n) is 10.8. The highest BCUT2D eigenvalue weighted by atomic mass is 32.3. The maximum absolute atomic E-state index is 12.3. The van der Waals surface area contributed by atoms with Crippen LogP contribution in [0.5, 0.6) is 0 Å². The summed E-state index contributed by atoms with van der Waals surface area (Å²) in [5, 5.41) is 2.98. The zero-order valence-corrected chi connectivity index (χ0v) is 27.5. The molecule has 2 aromatic rings. The summed E-state index contributed by atoms with van der Waals surface area (Å²) in [6.07, 6.45) is 10.6. The molecule has 0 atom stereocenters. The standard InChI is InChI=1S/C27H38N2O2.C2F6NO4S2/c1-6-13-23-14-12-18-29(21-23)17-9-7-8-10-19-31-26(30)28-27(4,5)25-16-11-15-24(20-25)22(2)3;3-1(4,5)14(10,11)9-15(12,13)2(6,7)8/h11-12,14-16,18,20-21H,2,6-10,13,17,19H2,1,3-5H3;/q;-1/p+1. The number of benzene rings is 1. The Balaban J connectivity index is 0.000000595. The van der Waals surface area contributed by atoms with Gasteiger partial charge < -0.3 is 14.2 Å². The van der Waals surface area contributed by atoms with Gasteiger partial charge in [-0.1, -0.05) is 43.7 Å². The molecule has 9 nitrogen and oxygen atoms in total. The Hall–Kier alpha value is -3.18.